The van der Waals surface area contributed by atoms with Crippen molar-refractivity contribution < 1.29 is 12.8 Å². The van der Waals surface area contributed by atoms with Crippen molar-refractivity contribution in [2.45, 2.75) is 43.0 Å². The number of benzene rings is 1. The lowest BCUT2D eigenvalue weighted by atomic mass is 10.0. The Balaban J connectivity index is 2.00. The monoisotopic (exact) mass is 374 g/mol. The van der Waals surface area contributed by atoms with E-state index in [-0.39, 0.29) is 9.92 Å². The van der Waals surface area contributed by atoms with Crippen LogP contribution in [0, 0.1) is 12.7 Å². The summed E-state index contributed by atoms with van der Waals surface area (Å²) in [7, 11) is -3.87. The summed E-state index contributed by atoms with van der Waals surface area (Å²) in [5.74, 6) is -0.569. The van der Waals surface area contributed by atoms with Crippen LogP contribution in [0.2, 0.25) is 5.02 Å². The van der Waals surface area contributed by atoms with Gasteiger partial charge in [-0.15, -0.1) is 11.3 Å². The molecule has 3 rings (SSSR count). The third kappa shape index (κ3) is 3.28. The van der Waals surface area contributed by atoms with Gasteiger partial charge in [0.25, 0.3) is 0 Å². The van der Waals surface area contributed by atoms with Gasteiger partial charge >= 0.3 is 0 Å². The van der Waals surface area contributed by atoms with Gasteiger partial charge in [-0.25, -0.2) is 17.8 Å². The van der Waals surface area contributed by atoms with E-state index in [0.29, 0.717) is 12.8 Å². The standard InChI is InChI=1S/C15H16ClFN2O2S2/c1-10-9-22-14(18-10)15(6-2-3-7-15)19-23(20,21)13-5-4-11(17)8-12(13)16/h4-5,8-9,19H,2-3,6-7H2,1H3. The molecule has 1 saturated carbocycles. The summed E-state index contributed by atoms with van der Waals surface area (Å²) in [5.41, 5.74) is 0.172. The molecule has 0 unspecified atom stereocenters. The van der Waals surface area contributed by atoms with Gasteiger partial charge in [-0.2, -0.15) is 4.72 Å². The molecule has 1 aliphatic carbocycles. The molecule has 1 aromatic carbocycles. The second-order valence-corrected chi connectivity index (χ2v) is 8.68. The van der Waals surface area contributed by atoms with Crippen molar-refractivity contribution in [2.75, 3.05) is 0 Å². The molecular weight excluding hydrogens is 359 g/mol. The molecule has 8 heteroatoms. The first kappa shape index (κ1) is 16.8. The second-order valence-electron chi connectivity index (χ2n) is 5.76. The highest BCUT2D eigenvalue weighted by molar-refractivity contribution is 7.89. The van der Waals surface area contributed by atoms with Gasteiger partial charge in [0, 0.05) is 11.1 Å². The van der Waals surface area contributed by atoms with E-state index >= 15 is 0 Å². The molecule has 23 heavy (non-hydrogen) atoms. The Kier molecular flexibility index (Phi) is 4.48. The molecule has 124 valence electrons. The van der Waals surface area contributed by atoms with Crippen LogP contribution < -0.4 is 4.72 Å². The summed E-state index contributed by atoms with van der Waals surface area (Å²) in [5, 5.41) is 2.56. The van der Waals surface area contributed by atoms with E-state index in [1.165, 1.54) is 17.4 Å². The van der Waals surface area contributed by atoms with Crippen LogP contribution in [-0.2, 0) is 15.6 Å². The summed E-state index contributed by atoms with van der Waals surface area (Å²) < 4.78 is 41.5. The lowest BCUT2D eigenvalue weighted by Crippen LogP contribution is -2.43. The SMILES string of the molecule is Cc1csc(C2(NS(=O)(=O)c3ccc(F)cc3Cl)CCCC2)n1. The number of aryl methyl sites for hydroxylation is 1. The molecule has 0 radical (unpaired) electrons. The maximum Gasteiger partial charge on any atom is 0.242 e. The lowest BCUT2D eigenvalue weighted by Gasteiger charge is -2.28. The van der Waals surface area contributed by atoms with Crippen molar-refractivity contribution in [1.29, 1.82) is 0 Å². The highest BCUT2D eigenvalue weighted by Crippen LogP contribution is 2.41. The molecule has 1 heterocycles. The Labute approximate surface area is 143 Å². The fraction of sp³-hybridized carbons (Fsp3) is 0.400. The number of aromatic nitrogens is 1. The van der Waals surface area contributed by atoms with Crippen molar-refractivity contribution in [1.82, 2.24) is 9.71 Å². The average Bonchev–Trinajstić information content (AvgIpc) is 3.08. The summed E-state index contributed by atoms with van der Waals surface area (Å²) >= 11 is 7.38. The molecule has 0 saturated heterocycles. The number of sulfonamides is 1. The number of rotatable bonds is 4. The number of nitrogens with zero attached hydrogens (tertiary/aromatic N) is 1. The number of hydrogen-bond acceptors (Lipinski definition) is 4. The minimum absolute atomic E-state index is 0.111. The van der Waals surface area contributed by atoms with Gasteiger partial charge in [-0.05, 0) is 38.0 Å². The van der Waals surface area contributed by atoms with Gasteiger partial charge in [0.2, 0.25) is 10.0 Å². The third-order valence-corrected chi connectivity index (χ3v) is 7.18. The predicted octanol–water partition coefficient (Wildman–Crippen LogP) is 3.99. The molecule has 1 N–H and O–H groups in total. The molecule has 1 aromatic heterocycles. The van der Waals surface area contributed by atoms with Gasteiger partial charge < -0.3 is 0 Å². The van der Waals surface area contributed by atoms with E-state index in [2.05, 4.69) is 9.71 Å². The maximum absolute atomic E-state index is 13.2. The Morgan fingerprint density at radius 3 is 2.61 bits per heavy atom. The van der Waals surface area contributed by atoms with Gasteiger partial charge in [0.1, 0.15) is 15.7 Å². The predicted molar refractivity (Wildman–Crippen MR) is 88.7 cm³/mol. The molecule has 1 fully saturated rings. The van der Waals surface area contributed by atoms with Crippen molar-refractivity contribution in [3.8, 4) is 0 Å². The lowest BCUT2D eigenvalue weighted by molar-refractivity contribution is 0.402. The summed E-state index contributed by atoms with van der Waals surface area (Å²) in [6.07, 6.45) is 3.24. The smallest absolute Gasteiger partial charge is 0.242 e. The Hall–Kier alpha value is -1.02. The van der Waals surface area contributed by atoms with Gasteiger partial charge in [0.15, 0.2) is 0 Å². The van der Waals surface area contributed by atoms with E-state index in [4.69, 9.17) is 11.6 Å². The highest BCUT2D eigenvalue weighted by atomic mass is 35.5. The van der Waals surface area contributed by atoms with Crippen LogP contribution in [0.25, 0.3) is 0 Å². The highest BCUT2D eigenvalue weighted by Gasteiger charge is 2.42. The molecular formula is C15H16ClFN2O2S2. The minimum Gasteiger partial charge on any atom is -0.245 e. The van der Waals surface area contributed by atoms with E-state index in [0.717, 1.165) is 35.7 Å². The first-order chi connectivity index (χ1) is 10.8. The van der Waals surface area contributed by atoms with Crippen molar-refractivity contribution in [2.24, 2.45) is 0 Å². The summed E-state index contributed by atoms with van der Waals surface area (Å²) in [6.45, 7) is 1.88. The zero-order chi connectivity index (χ0) is 16.7. The van der Waals surface area contributed by atoms with Crippen LogP contribution in [0.15, 0.2) is 28.5 Å². The molecule has 0 amide bonds. The maximum atomic E-state index is 13.2. The van der Waals surface area contributed by atoms with Gasteiger partial charge in [-0.3, -0.25) is 0 Å². The zero-order valence-electron chi connectivity index (χ0n) is 12.5. The fourth-order valence-corrected chi connectivity index (χ4v) is 5.95. The number of hydrogen-bond donors (Lipinski definition) is 1. The molecule has 4 nitrogen and oxygen atoms in total. The minimum atomic E-state index is -3.87. The van der Waals surface area contributed by atoms with Crippen molar-refractivity contribution in [3.63, 3.8) is 0 Å². The fourth-order valence-electron chi connectivity index (χ4n) is 2.92. The first-order valence-corrected chi connectivity index (χ1v) is 9.98. The Morgan fingerprint density at radius 1 is 1.35 bits per heavy atom. The molecule has 0 spiro atoms. The van der Waals surface area contributed by atoms with Crippen LogP contribution in [-0.4, -0.2) is 13.4 Å². The molecule has 1 aliphatic rings. The normalized spacial score (nSPS) is 17.5. The summed E-state index contributed by atoms with van der Waals surface area (Å²) in [4.78, 5) is 4.37. The second kappa shape index (κ2) is 6.12. The Bertz CT molecular complexity index is 830. The van der Waals surface area contributed by atoms with Crippen LogP contribution in [0.1, 0.15) is 36.4 Å². The van der Waals surface area contributed by atoms with Gasteiger partial charge in [0.05, 0.1) is 10.6 Å². The number of nitrogens with one attached hydrogen (secondary N) is 1. The van der Waals surface area contributed by atoms with Crippen LogP contribution in [0.4, 0.5) is 4.39 Å². The van der Waals surface area contributed by atoms with Crippen LogP contribution in [0.5, 0.6) is 0 Å². The van der Waals surface area contributed by atoms with Crippen molar-refractivity contribution >= 4 is 33.0 Å². The van der Waals surface area contributed by atoms with E-state index in [9.17, 15) is 12.8 Å². The molecule has 0 atom stereocenters. The van der Waals surface area contributed by atoms with E-state index < -0.39 is 21.4 Å². The van der Waals surface area contributed by atoms with E-state index in [1.54, 1.807) is 0 Å². The topological polar surface area (TPSA) is 59.1 Å². The first-order valence-electron chi connectivity index (χ1n) is 7.24. The molecule has 0 aliphatic heterocycles. The van der Waals surface area contributed by atoms with Crippen molar-refractivity contribution in [3.05, 3.63) is 45.1 Å². The number of thiazole rings is 1. The third-order valence-electron chi connectivity index (χ3n) is 4.00. The number of halogens is 2. The van der Waals surface area contributed by atoms with E-state index in [1.807, 2.05) is 12.3 Å². The zero-order valence-corrected chi connectivity index (χ0v) is 14.9. The quantitative estimate of drug-likeness (QED) is 0.880. The summed E-state index contributed by atoms with van der Waals surface area (Å²) in [6, 6.07) is 3.29. The van der Waals surface area contributed by atoms with Gasteiger partial charge in [-0.1, -0.05) is 24.4 Å². The molecule has 2 aromatic rings. The Morgan fingerprint density at radius 2 is 2.04 bits per heavy atom. The van der Waals surface area contributed by atoms with Crippen LogP contribution in [0.3, 0.4) is 0 Å². The average molecular weight is 375 g/mol. The molecule has 0 bridgehead atoms. The van der Waals surface area contributed by atoms with Crippen LogP contribution >= 0.6 is 22.9 Å². The largest absolute Gasteiger partial charge is 0.245 e.